The first kappa shape index (κ1) is 13.5. The Bertz CT molecular complexity index is 523. The summed E-state index contributed by atoms with van der Waals surface area (Å²) in [5.41, 5.74) is 10.1. The number of hydrogen-bond acceptors (Lipinski definition) is 3. The average Bonchev–Trinajstić information content (AvgIpc) is 2.97. The minimum Gasteiger partial charge on any atom is -0.370 e. The first-order valence-corrected chi connectivity index (χ1v) is 7.69. The number of nitrogens with zero attached hydrogens (tertiary/aromatic N) is 2. The predicted molar refractivity (Wildman–Crippen MR) is 83.9 cm³/mol. The van der Waals surface area contributed by atoms with E-state index in [4.69, 9.17) is 5.73 Å². The van der Waals surface area contributed by atoms with Crippen LogP contribution in [0.2, 0.25) is 0 Å². The van der Waals surface area contributed by atoms with E-state index in [2.05, 4.69) is 48.9 Å². The fourth-order valence-corrected chi connectivity index (χ4v) is 3.91. The molecule has 1 aliphatic heterocycles. The highest BCUT2D eigenvalue weighted by molar-refractivity contribution is 5.81. The molecule has 1 saturated carbocycles. The minimum atomic E-state index is -0.0735. The average molecular weight is 271 g/mol. The zero-order valence-corrected chi connectivity index (χ0v) is 12.8. The zero-order valence-electron chi connectivity index (χ0n) is 12.8. The van der Waals surface area contributed by atoms with Crippen LogP contribution in [0.4, 0.5) is 0 Å². The summed E-state index contributed by atoms with van der Waals surface area (Å²) in [6.45, 7) is 7.40. The van der Waals surface area contributed by atoms with Gasteiger partial charge in [0, 0.05) is 6.04 Å². The van der Waals surface area contributed by atoms with Gasteiger partial charge in [0.05, 0.1) is 12.1 Å². The van der Waals surface area contributed by atoms with Crippen LogP contribution in [0, 0.1) is 13.8 Å². The minimum absolute atomic E-state index is 0.0735. The molecule has 1 heterocycles. The normalized spacial score (nSPS) is 27.1. The van der Waals surface area contributed by atoms with Crippen LogP contribution in [0.1, 0.15) is 49.3 Å². The number of hydrogen-bond donors (Lipinski definition) is 1. The molecule has 0 bridgehead atoms. The second-order valence-electron chi connectivity index (χ2n) is 6.63. The van der Waals surface area contributed by atoms with Gasteiger partial charge < -0.3 is 10.6 Å². The van der Waals surface area contributed by atoms with Crippen molar-refractivity contribution in [3.05, 3.63) is 34.9 Å². The van der Waals surface area contributed by atoms with Crippen molar-refractivity contribution in [3.8, 4) is 0 Å². The third-order valence-electron chi connectivity index (χ3n) is 4.86. The SMILES string of the molecule is Cc1cc(C)cc(C2(C)CN=C(N)N2C2CCCC2)c1. The first-order chi connectivity index (χ1) is 9.50. The summed E-state index contributed by atoms with van der Waals surface area (Å²) >= 11 is 0. The molecule has 3 nitrogen and oxygen atoms in total. The Hall–Kier alpha value is -1.51. The maximum Gasteiger partial charge on any atom is 0.192 e. The smallest absolute Gasteiger partial charge is 0.192 e. The van der Waals surface area contributed by atoms with E-state index in [0.29, 0.717) is 6.04 Å². The van der Waals surface area contributed by atoms with Gasteiger partial charge in [0.2, 0.25) is 0 Å². The van der Waals surface area contributed by atoms with Gasteiger partial charge in [-0.1, -0.05) is 42.2 Å². The Morgan fingerprint density at radius 2 is 1.75 bits per heavy atom. The Morgan fingerprint density at radius 3 is 2.35 bits per heavy atom. The van der Waals surface area contributed by atoms with Crippen molar-refractivity contribution in [1.29, 1.82) is 0 Å². The van der Waals surface area contributed by atoms with Gasteiger partial charge in [-0.15, -0.1) is 0 Å². The van der Waals surface area contributed by atoms with Gasteiger partial charge >= 0.3 is 0 Å². The number of aliphatic imine (C=N–C) groups is 1. The van der Waals surface area contributed by atoms with Crippen LogP contribution in [0.25, 0.3) is 0 Å². The molecule has 1 atom stereocenters. The Balaban J connectivity index is 2.00. The fourth-order valence-electron chi connectivity index (χ4n) is 3.91. The van der Waals surface area contributed by atoms with Gasteiger partial charge in [0.25, 0.3) is 0 Å². The first-order valence-electron chi connectivity index (χ1n) is 7.69. The fraction of sp³-hybridized carbons (Fsp3) is 0.588. The van der Waals surface area contributed by atoms with Gasteiger partial charge in [0.1, 0.15) is 0 Å². The van der Waals surface area contributed by atoms with Crippen LogP contribution in [0.5, 0.6) is 0 Å². The number of rotatable bonds is 2. The topological polar surface area (TPSA) is 41.6 Å². The molecule has 20 heavy (non-hydrogen) atoms. The molecule has 1 aromatic rings. The standard InChI is InChI=1S/C17H25N3/c1-12-8-13(2)10-14(9-12)17(3)11-19-16(18)20(17)15-6-4-5-7-15/h8-10,15H,4-7,11H2,1-3H3,(H2,18,19). The molecule has 1 aliphatic carbocycles. The van der Waals surface area contributed by atoms with Crippen LogP contribution in [0.3, 0.4) is 0 Å². The van der Waals surface area contributed by atoms with Crippen LogP contribution >= 0.6 is 0 Å². The molecule has 0 saturated heterocycles. The van der Waals surface area contributed by atoms with E-state index < -0.39 is 0 Å². The number of aryl methyl sites for hydroxylation is 2. The molecule has 2 aliphatic rings. The van der Waals surface area contributed by atoms with Gasteiger partial charge in [-0.25, -0.2) is 0 Å². The number of benzene rings is 1. The summed E-state index contributed by atoms with van der Waals surface area (Å²) in [6.07, 6.45) is 5.13. The summed E-state index contributed by atoms with van der Waals surface area (Å²) in [5, 5.41) is 0. The van der Waals surface area contributed by atoms with E-state index in [1.54, 1.807) is 0 Å². The van der Waals surface area contributed by atoms with E-state index >= 15 is 0 Å². The lowest BCUT2D eigenvalue weighted by Gasteiger charge is -2.41. The highest BCUT2D eigenvalue weighted by Crippen LogP contribution is 2.39. The molecule has 0 aromatic heterocycles. The second-order valence-corrected chi connectivity index (χ2v) is 6.63. The molecule has 108 valence electrons. The summed E-state index contributed by atoms with van der Waals surface area (Å²) in [4.78, 5) is 6.97. The summed E-state index contributed by atoms with van der Waals surface area (Å²) in [6, 6.07) is 7.38. The van der Waals surface area contributed by atoms with Crippen LogP contribution < -0.4 is 5.73 Å². The molecular weight excluding hydrogens is 246 g/mol. The van der Waals surface area contributed by atoms with Gasteiger partial charge in [-0.3, -0.25) is 4.99 Å². The van der Waals surface area contributed by atoms with Crippen molar-refractivity contribution in [1.82, 2.24) is 4.90 Å². The van der Waals surface area contributed by atoms with E-state index in [0.717, 1.165) is 12.5 Å². The molecule has 0 amide bonds. The summed E-state index contributed by atoms with van der Waals surface area (Å²) in [7, 11) is 0. The lowest BCUT2D eigenvalue weighted by Crippen LogP contribution is -2.52. The van der Waals surface area contributed by atoms with Crippen molar-refractivity contribution in [3.63, 3.8) is 0 Å². The number of nitrogens with two attached hydrogens (primary N) is 1. The Morgan fingerprint density at radius 1 is 1.15 bits per heavy atom. The van der Waals surface area contributed by atoms with E-state index in [-0.39, 0.29) is 5.54 Å². The third kappa shape index (κ3) is 2.09. The van der Waals surface area contributed by atoms with Crippen LogP contribution in [0.15, 0.2) is 23.2 Å². The second kappa shape index (κ2) is 4.80. The largest absolute Gasteiger partial charge is 0.370 e. The maximum absolute atomic E-state index is 6.22. The maximum atomic E-state index is 6.22. The molecule has 2 N–H and O–H groups in total. The Labute approximate surface area is 121 Å². The molecule has 1 aromatic carbocycles. The molecule has 3 heteroatoms. The van der Waals surface area contributed by atoms with Gasteiger partial charge in [-0.05, 0) is 39.2 Å². The van der Waals surface area contributed by atoms with E-state index in [9.17, 15) is 0 Å². The summed E-state index contributed by atoms with van der Waals surface area (Å²) < 4.78 is 0. The highest BCUT2D eigenvalue weighted by Gasteiger charge is 2.43. The van der Waals surface area contributed by atoms with Crippen molar-refractivity contribution in [2.24, 2.45) is 10.7 Å². The zero-order chi connectivity index (χ0) is 14.3. The number of guanidine groups is 1. The van der Waals surface area contributed by atoms with Crippen LogP contribution in [-0.2, 0) is 5.54 Å². The monoisotopic (exact) mass is 271 g/mol. The highest BCUT2D eigenvalue weighted by atomic mass is 15.4. The lowest BCUT2D eigenvalue weighted by atomic mass is 9.87. The van der Waals surface area contributed by atoms with Gasteiger partial charge in [-0.2, -0.15) is 0 Å². The molecule has 3 rings (SSSR count). The molecular formula is C17H25N3. The molecule has 0 radical (unpaired) electrons. The van der Waals surface area contributed by atoms with E-state index in [1.807, 2.05) is 0 Å². The third-order valence-corrected chi connectivity index (χ3v) is 4.86. The van der Waals surface area contributed by atoms with Gasteiger partial charge in [0.15, 0.2) is 5.96 Å². The molecule has 1 unspecified atom stereocenters. The quantitative estimate of drug-likeness (QED) is 0.898. The van der Waals surface area contributed by atoms with Crippen molar-refractivity contribution < 1.29 is 0 Å². The predicted octanol–water partition coefficient (Wildman–Crippen LogP) is 3.09. The summed E-state index contributed by atoms with van der Waals surface area (Å²) in [5.74, 6) is 0.735. The van der Waals surface area contributed by atoms with Crippen molar-refractivity contribution in [2.45, 2.75) is 58.0 Å². The van der Waals surface area contributed by atoms with Crippen LogP contribution in [-0.4, -0.2) is 23.4 Å². The lowest BCUT2D eigenvalue weighted by molar-refractivity contribution is 0.167. The molecule has 1 fully saturated rings. The van der Waals surface area contributed by atoms with Crippen molar-refractivity contribution >= 4 is 5.96 Å². The Kier molecular flexibility index (Phi) is 3.23. The molecule has 0 spiro atoms. The van der Waals surface area contributed by atoms with E-state index in [1.165, 1.54) is 42.4 Å². The van der Waals surface area contributed by atoms with Crippen molar-refractivity contribution in [2.75, 3.05) is 6.54 Å².